The highest BCUT2D eigenvalue weighted by atomic mass is 16.5. The van der Waals surface area contributed by atoms with E-state index in [1.165, 1.54) is 6.33 Å². The number of carbonyl (C=O) groups is 1. The van der Waals surface area contributed by atoms with Crippen LogP contribution in [0.3, 0.4) is 0 Å². The van der Waals surface area contributed by atoms with Crippen molar-refractivity contribution in [2.45, 2.75) is 6.10 Å². The molecule has 8 nitrogen and oxygen atoms in total. The third kappa shape index (κ3) is 3.31. The zero-order valence-corrected chi connectivity index (χ0v) is 14.3. The summed E-state index contributed by atoms with van der Waals surface area (Å²) in [6.07, 6.45) is 7.97. The maximum Gasteiger partial charge on any atom is 0.257 e. The predicted octanol–water partition coefficient (Wildman–Crippen LogP) is 1.49. The second-order valence-electron chi connectivity index (χ2n) is 6.09. The zero-order valence-electron chi connectivity index (χ0n) is 14.3. The Bertz CT molecular complexity index is 911. The maximum absolute atomic E-state index is 12.7. The molecule has 0 unspecified atom stereocenters. The van der Waals surface area contributed by atoms with E-state index in [1.807, 2.05) is 18.2 Å². The molecule has 26 heavy (non-hydrogen) atoms. The second-order valence-corrected chi connectivity index (χ2v) is 6.09. The predicted molar refractivity (Wildman–Crippen MR) is 93.1 cm³/mol. The number of hydrogen-bond donors (Lipinski definition) is 0. The molecule has 0 radical (unpaired) electrons. The molecule has 0 N–H and O–H groups in total. The van der Waals surface area contributed by atoms with E-state index in [-0.39, 0.29) is 12.0 Å². The van der Waals surface area contributed by atoms with Gasteiger partial charge in [-0.2, -0.15) is 5.10 Å². The number of amides is 1. The fraction of sp³-hybridized carbons (Fsp3) is 0.278. The van der Waals surface area contributed by atoms with E-state index in [9.17, 15) is 4.79 Å². The average molecular weight is 350 g/mol. The third-order valence-corrected chi connectivity index (χ3v) is 4.26. The molecule has 3 aromatic rings. The highest BCUT2D eigenvalue weighted by Gasteiger charge is 2.27. The van der Waals surface area contributed by atoms with Crippen LogP contribution < -0.4 is 0 Å². The van der Waals surface area contributed by atoms with Crippen molar-refractivity contribution in [3.8, 4) is 11.3 Å². The van der Waals surface area contributed by atoms with Crippen molar-refractivity contribution >= 4 is 5.91 Å². The van der Waals surface area contributed by atoms with Gasteiger partial charge in [0.25, 0.3) is 5.91 Å². The smallest absolute Gasteiger partial charge is 0.257 e. The lowest BCUT2D eigenvalue weighted by molar-refractivity contribution is -0.0246. The Labute approximate surface area is 150 Å². The summed E-state index contributed by atoms with van der Waals surface area (Å²) in [5, 5.41) is 4.07. The van der Waals surface area contributed by atoms with Gasteiger partial charge < -0.3 is 9.64 Å². The topological polar surface area (TPSA) is 86.0 Å². The summed E-state index contributed by atoms with van der Waals surface area (Å²) in [7, 11) is 1.79. The Kier molecular flexibility index (Phi) is 4.40. The van der Waals surface area contributed by atoms with Crippen LogP contribution in [0.5, 0.6) is 0 Å². The molecule has 0 aliphatic carbocycles. The summed E-state index contributed by atoms with van der Waals surface area (Å²) in [6, 6.07) is 5.75. The fourth-order valence-corrected chi connectivity index (χ4v) is 2.95. The first-order valence-electron chi connectivity index (χ1n) is 8.32. The van der Waals surface area contributed by atoms with Gasteiger partial charge in [0, 0.05) is 37.7 Å². The maximum atomic E-state index is 12.7. The van der Waals surface area contributed by atoms with E-state index >= 15 is 0 Å². The Hall–Kier alpha value is -3.13. The standard InChI is InChI=1S/C18H18N6O2/c1-23-10-14(9-21-23)18(25)24-5-6-26-17(11-24)16-4-2-3-15(22-16)13-7-19-12-20-8-13/h2-4,7-10,12,17H,5-6,11H2,1H3/t17-/m0/s1. The largest absolute Gasteiger partial charge is 0.368 e. The molecule has 0 bridgehead atoms. The van der Waals surface area contributed by atoms with Crippen LogP contribution in [0.1, 0.15) is 22.2 Å². The molecule has 0 saturated carbocycles. The van der Waals surface area contributed by atoms with Crippen molar-refractivity contribution in [2.24, 2.45) is 7.05 Å². The summed E-state index contributed by atoms with van der Waals surface area (Å²) >= 11 is 0. The molecular weight excluding hydrogens is 332 g/mol. The van der Waals surface area contributed by atoms with E-state index in [4.69, 9.17) is 4.74 Å². The summed E-state index contributed by atoms with van der Waals surface area (Å²) in [5.74, 6) is -0.0426. The summed E-state index contributed by atoms with van der Waals surface area (Å²) in [4.78, 5) is 27.2. The summed E-state index contributed by atoms with van der Waals surface area (Å²) in [5.41, 5.74) is 2.99. The molecule has 4 rings (SSSR count). The van der Waals surface area contributed by atoms with Gasteiger partial charge >= 0.3 is 0 Å². The lowest BCUT2D eigenvalue weighted by Gasteiger charge is -2.32. The first-order chi connectivity index (χ1) is 12.7. The number of carbonyl (C=O) groups excluding carboxylic acids is 1. The van der Waals surface area contributed by atoms with Crippen LogP contribution in [0.2, 0.25) is 0 Å². The monoisotopic (exact) mass is 350 g/mol. The minimum absolute atomic E-state index is 0.0426. The van der Waals surface area contributed by atoms with Crippen LogP contribution in [0.4, 0.5) is 0 Å². The van der Waals surface area contributed by atoms with Crippen LogP contribution in [0.25, 0.3) is 11.3 Å². The quantitative estimate of drug-likeness (QED) is 0.711. The highest BCUT2D eigenvalue weighted by Crippen LogP contribution is 2.24. The number of pyridine rings is 1. The lowest BCUT2D eigenvalue weighted by Crippen LogP contribution is -2.42. The normalized spacial score (nSPS) is 17.3. The van der Waals surface area contributed by atoms with Crippen molar-refractivity contribution in [3.05, 3.63) is 60.6 Å². The molecule has 0 aromatic carbocycles. The minimum atomic E-state index is -0.269. The zero-order chi connectivity index (χ0) is 17.9. The van der Waals surface area contributed by atoms with Gasteiger partial charge in [0.05, 0.1) is 36.3 Å². The number of morpholine rings is 1. The van der Waals surface area contributed by atoms with Gasteiger partial charge in [0.15, 0.2) is 0 Å². The molecule has 0 spiro atoms. The molecule has 3 aromatic heterocycles. The number of aryl methyl sites for hydroxylation is 1. The summed E-state index contributed by atoms with van der Waals surface area (Å²) < 4.78 is 7.49. The average Bonchev–Trinajstić information content (AvgIpc) is 3.14. The molecule has 1 amide bonds. The second kappa shape index (κ2) is 7.01. The van der Waals surface area contributed by atoms with Gasteiger partial charge in [-0.25, -0.2) is 15.0 Å². The van der Waals surface area contributed by atoms with Gasteiger partial charge in [-0.05, 0) is 12.1 Å². The molecule has 1 aliphatic rings. The first-order valence-corrected chi connectivity index (χ1v) is 8.32. The molecule has 8 heteroatoms. The number of rotatable bonds is 3. The van der Waals surface area contributed by atoms with E-state index in [0.29, 0.717) is 25.3 Å². The minimum Gasteiger partial charge on any atom is -0.368 e. The van der Waals surface area contributed by atoms with E-state index < -0.39 is 0 Å². The van der Waals surface area contributed by atoms with E-state index in [0.717, 1.165) is 17.0 Å². The van der Waals surface area contributed by atoms with Crippen LogP contribution in [0, 0.1) is 0 Å². The Morgan fingerprint density at radius 2 is 2.08 bits per heavy atom. The van der Waals surface area contributed by atoms with Crippen molar-refractivity contribution in [1.29, 1.82) is 0 Å². The molecule has 1 atom stereocenters. The fourth-order valence-electron chi connectivity index (χ4n) is 2.95. The number of nitrogens with zero attached hydrogens (tertiary/aromatic N) is 6. The molecule has 132 valence electrons. The molecule has 1 fully saturated rings. The Balaban J connectivity index is 1.54. The van der Waals surface area contributed by atoms with Gasteiger partial charge in [0.2, 0.25) is 0 Å². The van der Waals surface area contributed by atoms with Crippen LogP contribution in [-0.4, -0.2) is 55.2 Å². The van der Waals surface area contributed by atoms with Crippen molar-refractivity contribution in [1.82, 2.24) is 29.6 Å². The van der Waals surface area contributed by atoms with Crippen molar-refractivity contribution in [2.75, 3.05) is 19.7 Å². The SMILES string of the molecule is Cn1cc(C(=O)N2CCO[C@H](c3cccc(-c4cncnc4)n3)C2)cn1. The van der Waals surface area contributed by atoms with E-state index in [2.05, 4.69) is 20.1 Å². The number of hydrogen-bond acceptors (Lipinski definition) is 6. The third-order valence-electron chi connectivity index (χ3n) is 4.26. The van der Waals surface area contributed by atoms with Gasteiger partial charge in [-0.1, -0.05) is 6.07 Å². The highest BCUT2D eigenvalue weighted by molar-refractivity contribution is 5.93. The van der Waals surface area contributed by atoms with Crippen LogP contribution in [0.15, 0.2) is 49.3 Å². The number of aromatic nitrogens is 5. The molecule has 4 heterocycles. The number of ether oxygens (including phenoxy) is 1. The Morgan fingerprint density at radius 3 is 2.85 bits per heavy atom. The molecular formula is C18H18N6O2. The first kappa shape index (κ1) is 16.3. The molecule has 1 saturated heterocycles. The lowest BCUT2D eigenvalue weighted by atomic mass is 10.1. The van der Waals surface area contributed by atoms with Crippen molar-refractivity contribution in [3.63, 3.8) is 0 Å². The Morgan fingerprint density at radius 1 is 1.23 bits per heavy atom. The summed E-state index contributed by atoms with van der Waals surface area (Å²) in [6.45, 7) is 1.48. The van der Waals surface area contributed by atoms with Gasteiger partial charge in [0.1, 0.15) is 12.4 Å². The van der Waals surface area contributed by atoms with Crippen LogP contribution >= 0.6 is 0 Å². The van der Waals surface area contributed by atoms with Gasteiger partial charge in [-0.3, -0.25) is 9.48 Å². The molecule has 1 aliphatic heterocycles. The van der Waals surface area contributed by atoms with Crippen LogP contribution in [-0.2, 0) is 11.8 Å². The van der Waals surface area contributed by atoms with Crippen molar-refractivity contribution < 1.29 is 9.53 Å². The van der Waals surface area contributed by atoms with Gasteiger partial charge in [-0.15, -0.1) is 0 Å². The van der Waals surface area contributed by atoms with E-state index in [1.54, 1.807) is 41.4 Å².